The zero-order chi connectivity index (χ0) is 17.1. The molecule has 0 aliphatic heterocycles. The molecule has 0 saturated heterocycles. The number of ether oxygens (including phenoxy) is 2. The minimum atomic E-state index is -3.57. The van der Waals surface area contributed by atoms with E-state index in [0.29, 0.717) is 37.5 Å². The second kappa shape index (κ2) is 10.2. The molecule has 8 heteroatoms. The van der Waals surface area contributed by atoms with Crippen molar-refractivity contribution in [2.24, 2.45) is 0 Å². The van der Waals surface area contributed by atoms with Crippen LogP contribution in [0.1, 0.15) is 18.9 Å². The number of nitrogens with one attached hydrogen (secondary N) is 2. The highest BCUT2D eigenvalue weighted by Gasteiger charge is 2.13. The number of hydrogen-bond acceptors (Lipinski definition) is 5. The molecule has 0 spiro atoms. The second-order valence-electron chi connectivity index (χ2n) is 4.85. The third-order valence-corrected chi connectivity index (χ3v) is 4.19. The van der Waals surface area contributed by atoms with Crippen LogP contribution in [0.5, 0.6) is 5.75 Å². The molecule has 1 rings (SSSR count). The molecule has 0 heterocycles. The first-order chi connectivity index (χ1) is 11.0. The molecule has 23 heavy (non-hydrogen) atoms. The van der Waals surface area contributed by atoms with Crippen LogP contribution in [0, 0.1) is 0 Å². The monoisotopic (exact) mass is 344 g/mol. The lowest BCUT2D eigenvalue weighted by atomic mass is 10.2. The van der Waals surface area contributed by atoms with Gasteiger partial charge in [-0.1, -0.05) is 12.1 Å². The number of methoxy groups -OCH3 is 1. The number of carbonyl (C=O) groups is 1. The van der Waals surface area contributed by atoms with Gasteiger partial charge in [0.2, 0.25) is 15.9 Å². The van der Waals surface area contributed by atoms with Crippen LogP contribution in [0.4, 0.5) is 0 Å². The van der Waals surface area contributed by atoms with E-state index in [4.69, 9.17) is 9.47 Å². The van der Waals surface area contributed by atoms with Crippen molar-refractivity contribution in [2.75, 3.05) is 33.4 Å². The summed E-state index contributed by atoms with van der Waals surface area (Å²) in [6.45, 7) is 3.16. The van der Waals surface area contributed by atoms with Crippen LogP contribution < -0.4 is 14.8 Å². The highest BCUT2D eigenvalue weighted by atomic mass is 32.2. The summed E-state index contributed by atoms with van der Waals surface area (Å²) in [5, 5.41) is 2.61. The molecule has 7 nitrogen and oxygen atoms in total. The van der Waals surface area contributed by atoms with E-state index in [-0.39, 0.29) is 18.2 Å². The van der Waals surface area contributed by atoms with Gasteiger partial charge in [-0.25, -0.2) is 13.1 Å². The number of sulfonamides is 1. The number of amides is 1. The molecule has 0 fully saturated rings. The maximum Gasteiger partial charge on any atom is 0.235 e. The Morgan fingerprint density at radius 3 is 2.52 bits per heavy atom. The molecule has 0 aliphatic carbocycles. The minimum absolute atomic E-state index is 0.184. The van der Waals surface area contributed by atoms with E-state index >= 15 is 0 Å². The largest absolute Gasteiger partial charge is 0.494 e. The first-order valence-electron chi connectivity index (χ1n) is 7.41. The summed E-state index contributed by atoms with van der Waals surface area (Å²) < 4.78 is 36.3. The van der Waals surface area contributed by atoms with Crippen molar-refractivity contribution in [3.8, 4) is 5.75 Å². The Labute approximate surface area is 137 Å². The van der Waals surface area contributed by atoms with Crippen molar-refractivity contribution in [1.82, 2.24) is 10.0 Å². The molecular formula is C15H24N2O5S. The first kappa shape index (κ1) is 19.4. The Morgan fingerprint density at radius 1 is 1.22 bits per heavy atom. The van der Waals surface area contributed by atoms with Gasteiger partial charge in [0.1, 0.15) is 5.75 Å². The number of carbonyl (C=O) groups excluding carboxylic acids is 1. The van der Waals surface area contributed by atoms with Gasteiger partial charge in [-0.15, -0.1) is 0 Å². The van der Waals surface area contributed by atoms with Crippen LogP contribution in [0.3, 0.4) is 0 Å². The maximum atomic E-state index is 11.9. The molecule has 0 aliphatic rings. The fourth-order valence-corrected chi connectivity index (χ4v) is 2.89. The Hall–Kier alpha value is -1.64. The molecule has 0 radical (unpaired) electrons. The summed E-state index contributed by atoms with van der Waals surface area (Å²) in [6.07, 6.45) is 0.682. The van der Waals surface area contributed by atoms with E-state index in [0.717, 1.165) is 0 Å². The fourth-order valence-electron chi connectivity index (χ4n) is 1.80. The quantitative estimate of drug-likeness (QED) is 0.575. The third kappa shape index (κ3) is 8.53. The normalized spacial score (nSPS) is 11.2. The van der Waals surface area contributed by atoms with Gasteiger partial charge in [-0.05, 0) is 31.0 Å². The summed E-state index contributed by atoms with van der Waals surface area (Å²) in [4.78, 5) is 11.5. The van der Waals surface area contributed by atoms with Crippen molar-refractivity contribution in [1.29, 1.82) is 0 Å². The van der Waals surface area contributed by atoms with Crippen LogP contribution in [0.2, 0.25) is 0 Å². The molecule has 2 N–H and O–H groups in total. The maximum absolute atomic E-state index is 11.9. The van der Waals surface area contributed by atoms with Crippen molar-refractivity contribution in [3.63, 3.8) is 0 Å². The number of hydrogen-bond donors (Lipinski definition) is 2. The van der Waals surface area contributed by atoms with Crippen molar-refractivity contribution in [3.05, 3.63) is 29.8 Å². The van der Waals surface area contributed by atoms with Crippen molar-refractivity contribution >= 4 is 15.9 Å². The highest BCUT2D eigenvalue weighted by molar-refractivity contribution is 7.88. The zero-order valence-electron chi connectivity index (χ0n) is 13.5. The molecule has 0 bridgehead atoms. The van der Waals surface area contributed by atoms with Gasteiger partial charge in [-0.3, -0.25) is 4.79 Å². The van der Waals surface area contributed by atoms with Crippen LogP contribution >= 0.6 is 0 Å². The van der Waals surface area contributed by atoms with Gasteiger partial charge in [0.25, 0.3) is 0 Å². The van der Waals surface area contributed by atoms with Crippen LogP contribution in [0.15, 0.2) is 24.3 Å². The van der Waals surface area contributed by atoms with Gasteiger partial charge in [0, 0.05) is 20.3 Å². The third-order valence-electron chi connectivity index (χ3n) is 2.89. The topological polar surface area (TPSA) is 93.7 Å². The molecule has 0 saturated carbocycles. The van der Waals surface area contributed by atoms with Crippen LogP contribution in [0.25, 0.3) is 0 Å². The average Bonchev–Trinajstić information content (AvgIpc) is 2.52. The number of benzene rings is 1. The van der Waals surface area contributed by atoms with Gasteiger partial charge in [-0.2, -0.15) is 0 Å². The molecule has 130 valence electrons. The lowest BCUT2D eigenvalue weighted by Crippen LogP contribution is -2.37. The summed E-state index contributed by atoms with van der Waals surface area (Å²) in [7, 11) is -1.99. The van der Waals surface area contributed by atoms with Crippen molar-refractivity contribution < 1.29 is 22.7 Å². The van der Waals surface area contributed by atoms with Gasteiger partial charge in [0.15, 0.2) is 0 Å². The van der Waals surface area contributed by atoms with E-state index in [2.05, 4.69) is 10.0 Å². The molecule has 1 amide bonds. The first-order valence-corrected chi connectivity index (χ1v) is 9.06. The smallest absolute Gasteiger partial charge is 0.235 e. The summed E-state index contributed by atoms with van der Waals surface area (Å²) in [5.41, 5.74) is 0.626. The molecule has 0 atom stereocenters. The number of rotatable bonds is 11. The SMILES string of the molecule is CCOc1ccc(CS(=O)(=O)NCC(=O)NCCCOC)cc1. The van der Waals surface area contributed by atoms with E-state index in [1.807, 2.05) is 6.92 Å². The van der Waals surface area contributed by atoms with E-state index in [9.17, 15) is 13.2 Å². The zero-order valence-corrected chi connectivity index (χ0v) is 14.3. The molecular weight excluding hydrogens is 320 g/mol. The fraction of sp³-hybridized carbons (Fsp3) is 0.533. The predicted molar refractivity (Wildman–Crippen MR) is 87.7 cm³/mol. The Kier molecular flexibility index (Phi) is 8.60. The molecule has 0 unspecified atom stereocenters. The lowest BCUT2D eigenvalue weighted by molar-refractivity contribution is -0.120. The van der Waals surface area contributed by atoms with Crippen LogP contribution in [-0.2, 0) is 25.3 Å². The van der Waals surface area contributed by atoms with Gasteiger partial charge < -0.3 is 14.8 Å². The Balaban J connectivity index is 2.39. The van der Waals surface area contributed by atoms with E-state index in [1.54, 1.807) is 31.4 Å². The highest BCUT2D eigenvalue weighted by Crippen LogP contribution is 2.13. The minimum Gasteiger partial charge on any atom is -0.494 e. The Morgan fingerprint density at radius 2 is 1.91 bits per heavy atom. The Bertz CT molecular complexity index is 572. The predicted octanol–water partition coefficient (Wildman–Crippen LogP) is 0.657. The van der Waals surface area contributed by atoms with Gasteiger partial charge >= 0.3 is 0 Å². The summed E-state index contributed by atoms with van der Waals surface area (Å²) in [6, 6.07) is 6.82. The van der Waals surface area contributed by atoms with Gasteiger partial charge in [0.05, 0.1) is 18.9 Å². The van der Waals surface area contributed by atoms with Crippen molar-refractivity contribution in [2.45, 2.75) is 19.1 Å². The standard InChI is InChI=1S/C15H24N2O5S/c1-3-22-14-7-5-13(6-8-14)12-23(19,20)17-11-15(18)16-9-4-10-21-2/h5-8,17H,3-4,9-12H2,1-2H3,(H,16,18). The lowest BCUT2D eigenvalue weighted by Gasteiger charge is -2.08. The van der Waals surface area contributed by atoms with E-state index in [1.165, 1.54) is 0 Å². The second-order valence-corrected chi connectivity index (χ2v) is 6.66. The summed E-state index contributed by atoms with van der Waals surface area (Å²) >= 11 is 0. The molecule has 1 aromatic carbocycles. The summed E-state index contributed by atoms with van der Waals surface area (Å²) in [5.74, 6) is 0.143. The average molecular weight is 344 g/mol. The molecule has 1 aromatic rings. The van der Waals surface area contributed by atoms with Crippen LogP contribution in [-0.4, -0.2) is 47.7 Å². The van der Waals surface area contributed by atoms with E-state index < -0.39 is 10.0 Å². The molecule has 0 aromatic heterocycles.